The minimum atomic E-state index is 0.343. The first-order chi connectivity index (χ1) is 9.66. The molecule has 0 bridgehead atoms. The van der Waals surface area contributed by atoms with Gasteiger partial charge in [0.25, 0.3) is 0 Å². The molecule has 20 heavy (non-hydrogen) atoms. The molecule has 0 aliphatic rings. The smallest absolute Gasteiger partial charge is 0.123 e. The molecule has 1 rings (SSSR count). The maximum atomic E-state index is 5.49. The van der Waals surface area contributed by atoms with Crippen molar-refractivity contribution < 1.29 is 4.74 Å². The van der Waals surface area contributed by atoms with Crippen LogP contribution < -0.4 is 10.1 Å². The highest BCUT2D eigenvalue weighted by molar-refractivity contribution is 8.00. The average molecular weight is 295 g/mol. The number of thioether (sulfide) groups is 1. The van der Waals surface area contributed by atoms with Gasteiger partial charge in [0.1, 0.15) is 5.75 Å². The molecule has 0 radical (unpaired) electrons. The van der Waals surface area contributed by atoms with Crippen LogP contribution >= 0.6 is 11.8 Å². The van der Waals surface area contributed by atoms with E-state index in [4.69, 9.17) is 4.74 Å². The molecule has 2 nitrogen and oxygen atoms in total. The van der Waals surface area contributed by atoms with Gasteiger partial charge in [0, 0.05) is 22.9 Å². The molecule has 0 aromatic heterocycles. The number of hydrogen-bond acceptors (Lipinski definition) is 3. The zero-order valence-corrected chi connectivity index (χ0v) is 14.3. The first-order valence-electron chi connectivity index (χ1n) is 7.57. The molecule has 0 aliphatic carbocycles. The van der Waals surface area contributed by atoms with E-state index in [-0.39, 0.29) is 0 Å². The Morgan fingerprint density at radius 1 is 1.20 bits per heavy atom. The molecule has 0 amide bonds. The third kappa shape index (κ3) is 4.16. The third-order valence-corrected chi connectivity index (χ3v) is 5.90. The summed E-state index contributed by atoms with van der Waals surface area (Å²) in [7, 11) is 1.75. The summed E-state index contributed by atoms with van der Waals surface area (Å²) in [6.07, 6.45) is 5.68. The van der Waals surface area contributed by atoms with Crippen LogP contribution in [-0.4, -0.2) is 24.7 Å². The van der Waals surface area contributed by atoms with Gasteiger partial charge in [0.2, 0.25) is 0 Å². The summed E-state index contributed by atoms with van der Waals surface area (Å²) in [5, 5.41) is 3.75. The van der Waals surface area contributed by atoms with Crippen LogP contribution in [0.3, 0.4) is 0 Å². The number of methoxy groups -OCH3 is 1. The predicted molar refractivity (Wildman–Crippen MR) is 90.9 cm³/mol. The van der Waals surface area contributed by atoms with Crippen LogP contribution in [0.15, 0.2) is 24.3 Å². The number of rotatable bonds is 9. The highest BCUT2D eigenvalue weighted by atomic mass is 32.2. The first kappa shape index (κ1) is 17.4. The molecular formula is C17H29NOS. The second-order valence-corrected chi connectivity index (χ2v) is 6.45. The molecule has 0 saturated carbocycles. The lowest BCUT2D eigenvalue weighted by atomic mass is 9.99. The maximum Gasteiger partial charge on any atom is 0.123 e. The van der Waals surface area contributed by atoms with Gasteiger partial charge in [-0.25, -0.2) is 0 Å². The minimum Gasteiger partial charge on any atom is -0.496 e. The zero-order chi connectivity index (χ0) is 15.0. The van der Waals surface area contributed by atoms with Crippen LogP contribution in [-0.2, 0) is 0 Å². The third-order valence-electron chi connectivity index (χ3n) is 4.31. The van der Waals surface area contributed by atoms with E-state index < -0.39 is 0 Å². The van der Waals surface area contributed by atoms with Crippen molar-refractivity contribution >= 4 is 11.8 Å². The summed E-state index contributed by atoms with van der Waals surface area (Å²) in [4.78, 5) is 0. The Balaban J connectivity index is 2.82. The van der Waals surface area contributed by atoms with Crippen LogP contribution in [0, 0.1) is 0 Å². The molecular weight excluding hydrogens is 266 g/mol. The van der Waals surface area contributed by atoms with Crippen LogP contribution in [0.4, 0.5) is 0 Å². The Bertz CT molecular complexity index is 382. The van der Waals surface area contributed by atoms with Gasteiger partial charge in [-0.2, -0.15) is 11.8 Å². The molecule has 0 saturated heterocycles. The van der Waals surface area contributed by atoms with Crippen molar-refractivity contribution in [2.24, 2.45) is 0 Å². The summed E-state index contributed by atoms with van der Waals surface area (Å²) in [5.74, 6) is 0.981. The second-order valence-electron chi connectivity index (χ2n) is 5.18. The Labute approximate surface area is 128 Å². The standard InChI is InChI=1S/C17H29NOS/c1-6-15(14-11-9-10-12-16(14)19-4)18-13-17(7-2,8-3)20-5/h9-12,15,18H,6-8,13H2,1-5H3. The van der Waals surface area contributed by atoms with Crippen molar-refractivity contribution in [2.45, 2.75) is 50.8 Å². The summed E-state index contributed by atoms with van der Waals surface area (Å²) >= 11 is 1.98. The highest BCUT2D eigenvalue weighted by Gasteiger charge is 2.26. The molecule has 1 unspecified atom stereocenters. The van der Waals surface area contributed by atoms with Crippen molar-refractivity contribution in [2.75, 3.05) is 19.9 Å². The van der Waals surface area contributed by atoms with E-state index in [1.807, 2.05) is 23.9 Å². The van der Waals surface area contributed by atoms with E-state index in [0.717, 1.165) is 18.7 Å². The maximum absolute atomic E-state index is 5.49. The fourth-order valence-electron chi connectivity index (χ4n) is 2.60. The Kier molecular flexibility index (Phi) is 7.46. The van der Waals surface area contributed by atoms with Crippen molar-refractivity contribution in [3.63, 3.8) is 0 Å². The molecule has 114 valence electrons. The molecule has 0 fully saturated rings. The quantitative estimate of drug-likeness (QED) is 0.716. The molecule has 1 atom stereocenters. The van der Waals surface area contributed by atoms with E-state index >= 15 is 0 Å². The zero-order valence-electron chi connectivity index (χ0n) is 13.5. The Morgan fingerprint density at radius 3 is 2.35 bits per heavy atom. The Morgan fingerprint density at radius 2 is 1.85 bits per heavy atom. The fourth-order valence-corrected chi connectivity index (χ4v) is 3.40. The monoisotopic (exact) mass is 295 g/mol. The van der Waals surface area contributed by atoms with Gasteiger partial charge in [-0.3, -0.25) is 0 Å². The molecule has 1 aromatic rings. The lowest BCUT2D eigenvalue weighted by Crippen LogP contribution is -2.38. The van der Waals surface area contributed by atoms with Gasteiger partial charge in [-0.15, -0.1) is 0 Å². The first-order valence-corrected chi connectivity index (χ1v) is 8.80. The van der Waals surface area contributed by atoms with Gasteiger partial charge in [-0.1, -0.05) is 39.0 Å². The number of para-hydroxylation sites is 1. The number of hydrogen-bond donors (Lipinski definition) is 1. The molecule has 1 aromatic carbocycles. The van der Waals surface area contributed by atoms with Gasteiger partial charge in [0.15, 0.2) is 0 Å². The van der Waals surface area contributed by atoms with E-state index in [1.54, 1.807) is 7.11 Å². The summed E-state index contributed by atoms with van der Waals surface area (Å²) < 4.78 is 5.84. The molecule has 1 N–H and O–H groups in total. The van der Waals surface area contributed by atoms with Crippen molar-refractivity contribution in [3.8, 4) is 5.75 Å². The van der Waals surface area contributed by atoms with Crippen molar-refractivity contribution in [1.29, 1.82) is 0 Å². The number of ether oxygens (including phenoxy) is 1. The van der Waals surface area contributed by atoms with Crippen molar-refractivity contribution in [1.82, 2.24) is 5.32 Å². The largest absolute Gasteiger partial charge is 0.496 e. The van der Waals surface area contributed by atoms with E-state index in [9.17, 15) is 0 Å². The van der Waals surface area contributed by atoms with Crippen LogP contribution in [0.5, 0.6) is 5.75 Å². The van der Waals surface area contributed by atoms with E-state index in [2.05, 4.69) is 44.5 Å². The molecule has 0 aliphatic heterocycles. The lowest BCUT2D eigenvalue weighted by molar-refractivity contribution is 0.388. The van der Waals surface area contributed by atoms with E-state index in [0.29, 0.717) is 10.8 Å². The highest BCUT2D eigenvalue weighted by Crippen LogP contribution is 2.32. The fraction of sp³-hybridized carbons (Fsp3) is 0.647. The SMILES string of the molecule is CCC(NCC(CC)(CC)SC)c1ccccc1OC. The van der Waals surface area contributed by atoms with Crippen LogP contribution in [0.2, 0.25) is 0 Å². The summed E-state index contributed by atoms with van der Waals surface area (Å²) in [6, 6.07) is 8.68. The topological polar surface area (TPSA) is 21.3 Å². The van der Waals surface area contributed by atoms with Gasteiger partial charge in [-0.05, 0) is 31.6 Å². The normalized spacial score (nSPS) is 13.2. The minimum absolute atomic E-state index is 0.343. The lowest BCUT2D eigenvalue weighted by Gasteiger charge is -2.32. The van der Waals surface area contributed by atoms with Gasteiger partial charge in [0.05, 0.1) is 7.11 Å². The molecule has 0 spiro atoms. The Hall–Kier alpha value is -0.670. The average Bonchev–Trinajstić information content (AvgIpc) is 2.52. The number of nitrogens with one attached hydrogen (secondary N) is 1. The van der Waals surface area contributed by atoms with Gasteiger partial charge < -0.3 is 10.1 Å². The predicted octanol–water partition coefficient (Wildman–Crippen LogP) is 4.66. The van der Waals surface area contributed by atoms with Gasteiger partial charge >= 0.3 is 0 Å². The number of benzene rings is 1. The molecule has 3 heteroatoms. The van der Waals surface area contributed by atoms with Crippen LogP contribution in [0.25, 0.3) is 0 Å². The molecule has 0 heterocycles. The summed E-state index contributed by atoms with van der Waals surface area (Å²) in [5.41, 5.74) is 1.26. The van der Waals surface area contributed by atoms with E-state index in [1.165, 1.54) is 18.4 Å². The van der Waals surface area contributed by atoms with Crippen molar-refractivity contribution in [3.05, 3.63) is 29.8 Å². The summed E-state index contributed by atoms with van der Waals surface area (Å²) in [6.45, 7) is 7.83. The van der Waals surface area contributed by atoms with Crippen LogP contribution in [0.1, 0.15) is 51.6 Å². The second kappa shape index (κ2) is 8.58.